The Kier molecular flexibility index (Phi) is 22.6. The molecule has 21 nitrogen and oxygen atoms in total. The van der Waals surface area contributed by atoms with Gasteiger partial charge in [0.15, 0.2) is 0 Å². The molecule has 2 aromatic heterocycles. The fourth-order valence-electron chi connectivity index (χ4n) is 7.78. The molecule has 1 N–H and O–H groups in total. The van der Waals surface area contributed by atoms with E-state index < -0.39 is 50.1 Å². The van der Waals surface area contributed by atoms with Gasteiger partial charge >= 0.3 is 0 Å². The van der Waals surface area contributed by atoms with Gasteiger partial charge in [-0.15, -0.1) is 0 Å². The number of halogens is 1. The van der Waals surface area contributed by atoms with Crippen LogP contribution in [-0.2, 0) is 50.2 Å². The number of alkyl halides is 1. The quantitative estimate of drug-likeness (QED) is 0.0369. The lowest BCUT2D eigenvalue weighted by Gasteiger charge is -2.26. The first-order valence-electron chi connectivity index (χ1n) is 21.9. The largest absolute Gasteiger partial charge is 0.549 e. The van der Waals surface area contributed by atoms with E-state index in [1.807, 2.05) is 22.6 Å². The van der Waals surface area contributed by atoms with Gasteiger partial charge in [0.2, 0.25) is 5.91 Å². The predicted octanol–water partition coefficient (Wildman–Crippen LogP) is -0.420. The minimum Gasteiger partial charge on any atom is -0.549 e. The second-order valence-corrected chi connectivity index (χ2v) is 16.6. The maximum atomic E-state index is 11.8. The van der Waals surface area contributed by atoms with E-state index in [4.69, 9.17) is 38.4 Å². The van der Waals surface area contributed by atoms with Crippen LogP contribution < -0.4 is 54.2 Å². The van der Waals surface area contributed by atoms with Crippen molar-refractivity contribution in [2.45, 2.75) is 51.9 Å². The number of carboxylic acid groups (broad SMARTS) is 4. The van der Waals surface area contributed by atoms with Gasteiger partial charge in [-0.3, -0.25) is 29.5 Å². The molecule has 4 rings (SSSR count). The second kappa shape index (κ2) is 28.2. The van der Waals surface area contributed by atoms with Crippen LogP contribution in [0.2, 0.25) is 0 Å². The highest BCUT2D eigenvalue weighted by atomic mass is 127. The number of rotatable bonds is 32. The van der Waals surface area contributed by atoms with Crippen LogP contribution in [0.1, 0.15) is 48.5 Å². The first-order chi connectivity index (χ1) is 33.5. The first kappa shape index (κ1) is 56.1. The van der Waals surface area contributed by atoms with E-state index in [1.165, 1.54) is 42.7 Å². The Labute approximate surface area is 419 Å². The SMILES string of the molecule is COc1cc(OC)c(-c2cc(CN(CC(=O)[O-])CC(=O)[O-])nc(CN(CCCCCCNC(=O)CI)Cc3cc(-c4c(OC)cc(OC)cc4OC)cc(CN(CC(=O)[O-])CC(=O)[O-])n3)c2)c(OC)c1. The number of carboxylic acids is 4. The van der Waals surface area contributed by atoms with Crippen molar-refractivity contribution < 1.29 is 72.8 Å². The molecular formula is C48H57IN6O15-4. The lowest BCUT2D eigenvalue weighted by Crippen LogP contribution is -2.43. The average molecular weight is 1080 g/mol. The van der Waals surface area contributed by atoms with Crippen LogP contribution in [0.25, 0.3) is 22.3 Å². The van der Waals surface area contributed by atoms with Crippen molar-refractivity contribution in [1.29, 1.82) is 0 Å². The van der Waals surface area contributed by atoms with E-state index in [1.54, 1.807) is 48.5 Å². The van der Waals surface area contributed by atoms with Crippen LogP contribution in [0.15, 0.2) is 48.5 Å². The number of amides is 1. The van der Waals surface area contributed by atoms with Crippen LogP contribution >= 0.6 is 22.6 Å². The second-order valence-electron chi connectivity index (χ2n) is 15.9. The Morgan fingerprint density at radius 3 is 1.11 bits per heavy atom. The van der Waals surface area contributed by atoms with Gasteiger partial charge in [-0.1, -0.05) is 35.4 Å². The van der Waals surface area contributed by atoms with Crippen molar-refractivity contribution in [2.75, 3.05) is 86.4 Å². The lowest BCUT2D eigenvalue weighted by molar-refractivity contribution is -0.313. The normalized spacial score (nSPS) is 11.1. The van der Waals surface area contributed by atoms with Crippen LogP contribution in [0.5, 0.6) is 34.5 Å². The summed E-state index contributed by atoms with van der Waals surface area (Å²) in [6.07, 6.45) is 3.01. The highest BCUT2D eigenvalue weighted by Gasteiger charge is 2.22. The molecule has 2 heterocycles. The zero-order valence-electron chi connectivity index (χ0n) is 40.0. The molecule has 70 heavy (non-hydrogen) atoms. The molecule has 0 aliphatic heterocycles. The number of aliphatic carboxylic acids is 4. The van der Waals surface area contributed by atoms with E-state index >= 15 is 0 Å². The van der Waals surface area contributed by atoms with Gasteiger partial charge in [0.1, 0.15) is 34.5 Å². The maximum absolute atomic E-state index is 11.8. The van der Waals surface area contributed by atoms with E-state index in [-0.39, 0.29) is 32.1 Å². The molecule has 0 unspecified atom stereocenters. The minimum atomic E-state index is -1.50. The molecule has 0 saturated carbocycles. The number of carbonyl (C=O) groups is 5. The van der Waals surface area contributed by atoms with Gasteiger partial charge < -0.3 is 73.3 Å². The molecule has 0 atom stereocenters. The number of benzene rings is 2. The molecule has 0 aliphatic rings. The molecule has 0 spiro atoms. The number of pyridine rings is 2. The number of aromatic nitrogens is 2. The van der Waals surface area contributed by atoms with Crippen LogP contribution in [0.3, 0.4) is 0 Å². The van der Waals surface area contributed by atoms with Crippen LogP contribution in [-0.4, -0.2) is 141 Å². The number of methoxy groups -OCH3 is 6. The Hall–Kier alpha value is -6.50. The fraction of sp³-hybridized carbons (Fsp3) is 0.438. The zero-order valence-corrected chi connectivity index (χ0v) is 42.1. The fourth-order valence-corrected chi connectivity index (χ4v) is 8.05. The Bertz CT molecular complexity index is 2210. The molecule has 0 radical (unpaired) electrons. The Morgan fingerprint density at radius 1 is 0.486 bits per heavy atom. The standard InChI is InChI=1S/C48H61IN6O15/c1-65-36-17-38(67-3)47(39(18-36)68-4)30-13-32(51-34(15-30)24-54(26-43(57)58)27-44(59)60)22-53(12-10-8-7-9-11-50-42(56)21-49)23-33-14-31(48-40(69-5)19-37(66-2)20-41(48)70-6)16-35(52-33)25-55(28-45(61)62)29-46(63)64/h13-20H,7-12,21-29H2,1-6H3,(H,50,56)(H,57,58)(H,59,60)(H,61,62)(H,63,64)/p-4. The van der Waals surface area contributed by atoms with Gasteiger partial charge in [0.25, 0.3) is 0 Å². The third-order valence-corrected chi connectivity index (χ3v) is 11.4. The van der Waals surface area contributed by atoms with E-state index in [9.17, 15) is 44.4 Å². The third-order valence-electron chi connectivity index (χ3n) is 10.7. The molecular weight excluding hydrogens is 1030 g/mol. The summed E-state index contributed by atoms with van der Waals surface area (Å²) < 4.78 is 34.5. The number of ether oxygens (including phenoxy) is 6. The van der Waals surface area contributed by atoms with Crippen molar-refractivity contribution >= 4 is 52.4 Å². The number of carbonyl (C=O) groups excluding carboxylic acids is 5. The lowest BCUT2D eigenvalue weighted by atomic mass is 10.0. The highest BCUT2D eigenvalue weighted by molar-refractivity contribution is 14.1. The summed E-state index contributed by atoms with van der Waals surface area (Å²) >= 11 is 2.00. The number of nitrogens with one attached hydrogen (secondary N) is 1. The summed E-state index contributed by atoms with van der Waals surface area (Å²) in [6, 6.07) is 13.6. The Morgan fingerprint density at radius 2 is 0.814 bits per heavy atom. The topological polar surface area (TPSA) is 280 Å². The molecule has 0 bridgehead atoms. The molecule has 22 heteroatoms. The predicted molar refractivity (Wildman–Crippen MR) is 254 cm³/mol. The maximum Gasteiger partial charge on any atom is 0.229 e. The van der Waals surface area contributed by atoms with Crippen molar-refractivity contribution in [3.63, 3.8) is 0 Å². The molecule has 0 aliphatic carbocycles. The molecule has 2 aromatic carbocycles. The monoisotopic (exact) mass is 1080 g/mol. The summed E-state index contributed by atoms with van der Waals surface area (Å²) in [5.74, 6) is -3.68. The van der Waals surface area contributed by atoms with Crippen molar-refractivity contribution in [1.82, 2.24) is 30.0 Å². The Balaban J connectivity index is 1.92. The van der Waals surface area contributed by atoms with Crippen molar-refractivity contribution in [2.24, 2.45) is 0 Å². The van der Waals surface area contributed by atoms with Gasteiger partial charge in [-0.05, 0) is 54.8 Å². The number of hydrogen-bond donors (Lipinski definition) is 1. The average Bonchev–Trinajstić information content (AvgIpc) is 3.31. The minimum absolute atomic E-state index is 0.0468. The number of unbranched alkanes of at least 4 members (excludes halogenated alkanes) is 3. The smallest absolute Gasteiger partial charge is 0.229 e. The summed E-state index contributed by atoms with van der Waals surface area (Å²) in [5.41, 5.74) is 3.61. The molecule has 0 fully saturated rings. The highest BCUT2D eigenvalue weighted by Crippen LogP contribution is 2.44. The molecule has 4 aromatic rings. The van der Waals surface area contributed by atoms with Gasteiger partial charge in [-0.25, -0.2) is 0 Å². The van der Waals surface area contributed by atoms with E-state index in [2.05, 4.69) is 10.2 Å². The van der Waals surface area contributed by atoms with E-state index in [0.717, 1.165) is 29.1 Å². The van der Waals surface area contributed by atoms with E-state index in [0.29, 0.717) is 103 Å². The molecule has 380 valence electrons. The van der Waals surface area contributed by atoms with Crippen molar-refractivity contribution in [3.05, 3.63) is 71.3 Å². The third kappa shape index (κ3) is 17.5. The number of hydrogen-bond acceptors (Lipinski definition) is 20. The summed E-state index contributed by atoms with van der Waals surface area (Å²) in [4.78, 5) is 73.0. The van der Waals surface area contributed by atoms with Crippen molar-refractivity contribution in [3.8, 4) is 56.8 Å². The number of nitrogens with zero attached hydrogens (tertiary/aromatic N) is 5. The first-order valence-corrected chi connectivity index (χ1v) is 23.4. The van der Waals surface area contributed by atoms with Gasteiger partial charge in [0.05, 0.1) is 105 Å². The van der Waals surface area contributed by atoms with Gasteiger partial charge in [-0.2, -0.15) is 0 Å². The molecule has 0 saturated heterocycles. The summed E-state index contributed by atoms with van der Waals surface area (Å²) in [5, 5.41) is 49.9. The van der Waals surface area contributed by atoms with Crippen LogP contribution in [0.4, 0.5) is 0 Å². The summed E-state index contributed by atoms with van der Waals surface area (Å²) in [7, 11) is 8.89. The van der Waals surface area contributed by atoms with Gasteiger partial charge in [0, 0.05) is 83.2 Å². The van der Waals surface area contributed by atoms with Crippen LogP contribution in [0, 0.1) is 0 Å². The summed E-state index contributed by atoms with van der Waals surface area (Å²) in [6.45, 7) is -2.08. The molecule has 1 amide bonds. The zero-order chi connectivity index (χ0) is 51.3.